The highest BCUT2D eigenvalue weighted by molar-refractivity contribution is 5.83. The van der Waals surface area contributed by atoms with Crippen LogP contribution >= 0.6 is 0 Å². The first kappa shape index (κ1) is 15.7. The Morgan fingerprint density at radius 3 is 2.60 bits per heavy atom. The lowest BCUT2D eigenvalue weighted by Crippen LogP contribution is -2.51. The van der Waals surface area contributed by atoms with Gasteiger partial charge in [0.25, 0.3) is 0 Å². The van der Waals surface area contributed by atoms with Gasteiger partial charge >= 0.3 is 0 Å². The van der Waals surface area contributed by atoms with Crippen LogP contribution in [0.1, 0.15) is 25.7 Å². The molecule has 0 aliphatic carbocycles. The lowest BCUT2D eigenvalue weighted by atomic mass is 9.78. The first-order valence-corrected chi connectivity index (χ1v) is 7.71. The monoisotopic (exact) mass is 284 g/mol. The van der Waals surface area contributed by atoms with E-state index in [9.17, 15) is 4.79 Å². The van der Waals surface area contributed by atoms with Crippen LogP contribution in [0, 0.1) is 11.3 Å². The van der Waals surface area contributed by atoms with E-state index in [0.717, 1.165) is 58.5 Å². The number of amides is 1. The molecule has 2 rings (SSSR count). The van der Waals surface area contributed by atoms with E-state index >= 15 is 0 Å². The molecule has 20 heavy (non-hydrogen) atoms. The van der Waals surface area contributed by atoms with Gasteiger partial charge in [0.05, 0.1) is 12.0 Å². The van der Waals surface area contributed by atoms with Crippen molar-refractivity contribution in [3.05, 3.63) is 0 Å². The molecule has 0 unspecified atom stereocenters. The third kappa shape index (κ3) is 3.71. The summed E-state index contributed by atoms with van der Waals surface area (Å²) in [6.07, 6.45) is 3.88. The Morgan fingerprint density at radius 2 is 2.00 bits per heavy atom. The highest BCUT2D eigenvalue weighted by Gasteiger charge is 2.41. The van der Waals surface area contributed by atoms with Crippen LogP contribution in [0.25, 0.3) is 0 Å². The van der Waals surface area contributed by atoms with Crippen LogP contribution in [0.15, 0.2) is 0 Å². The van der Waals surface area contributed by atoms with Gasteiger partial charge in [0.2, 0.25) is 5.91 Å². The van der Waals surface area contributed by atoms with E-state index in [4.69, 9.17) is 9.47 Å². The minimum absolute atomic E-state index is 0.257. The molecule has 0 atom stereocenters. The van der Waals surface area contributed by atoms with Crippen LogP contribution in [0.3, 0.4) is 0 Å². The Labute approximate surface area is 122 Å². The number of hydrogen-bond donors (Lipinski definition) is 1. The molecule has 2 aliphatic heterocycles. The zero-order valence-electron chi connectivity index (χ0n) is 12.8. The number of ether oxygens (including phenoxy) is 2. The van der Waals surface area contributed by atoms with E-state index in [1.165, 1.54) is 0 Å². The Kier molecular flexibility index (Phi) is 5.81. The van der Waals surface area contributed by atoms with E-state index in [-0.39, 0.29) is 11.3 Å². The molecule has 0 aromatic rings. The summed E-state index contributed by atoms with van der Waals surface area (Å²) in [5.41, 5.74) is -0.320. The molecule has 1 N–H and O–H groups in total. The molecule has 0 bridgehead atoms. The zero-order chi connectivity index (χ0) is 14.4. The summed E-state index contributed by atoms with van der Waals surface area (Å²) < 4.78 is 10.7. The van der Waals surface area contributed by atoms with Crippen molar-refractivity contribution >= 4 is 5.91 Å². The predicted molar refractivity (Wildman–Crippen MR) is 77.6 cm³/mol. The van der Waals surface area contributed by atoms with Crippen LogP contribution in [0.4, 0.5) is 0 Å². The largest absolute Gasteiger partial charge is 0.384 e. The van der Waals surface area contributed by atoms with Crippen LogP contribution in [-0.4, -0.2) is 64.4 Å². The maximum atomic E-state index is 12.9. The average molecular weight is 284 g/mol. The molecule has 2 aliphatic rings. The normalized spacial score (nSPS) is 23.5. The quantitative estimate of drug-likeness (QED) is 0.814. The first-order valence-electron chi connectivity index (χ1n) is 7.71. The van der Waals surface area contributed by atoms with Crippen LogP contribution in [-0.2, 0) is 14.3 Å². The predicted octanol–water partition coefficient (Wildman–Crippen LogP) is 0.888. The lowest BCUT2D eigenvalue weighted by molar-refractivity contribution is -0.147. The van der Waals surface area contributed by atoms with Crippen molar-refractivity contribution in [1.29, 1.82) is 0 Å². The third-order valence-corrected chi connectivity index (χ3v) is 4.65. The molecule has 0 aromatic heterocycles. The van der Waals surface area contributed by atoms with Crippen molar-refractivity contribution in [3.8, 4) is 0 Å². The summed E-state index contributed by atoms with van der Waals surface area (Å²) >= 11 is 0. The zero-order valence-corrected chi connectivity index (χ0v) is 12.8. The summed E-state index contributed by atoms with van der Waals surface area (Å²) in [6, 6.07) is 0. The number of nitrogens with one attached hydrogen (secondary N) is 1. The van der Waals surface area contributed by atoms with E-state index in [1.807, 2.05) is 11.9 Å². The number of methoxy groups -OCH3 is 1. The second kappa shape index (κ2) is 7.38. The number of piperidine rings is 1. The summed E-state index contributed by atoms with van der Waals surface area (Å²) in [6.45, 7) is 4.85. The highest BCUT2D eigenvalue weighted by Crippen LogP contribution is 2.32. The molecule has 0 spiro atoms. The molecule has 2 heterocycles. The van der Waals surface area contributed by atoms with Gasteiger partial charge < -0.3 is 19.7 Å². The summed E-state index contributed by atoms with van der Waals surface area (Å²) in [4.78, 5) is 14.8. The van der Waals surface area contributed by atoms with Crippen molar-refractivity contribution < 1.29 is 14.3 Å². The third-order valence-electron chi connectivity index (χ3n) is 4.65. The van der Waals surface area contributed by atoms with Gasteiger partial charge in [-0.1, -0.05) is 0 Å². The van der Waals surface area contributed by atoms with Gasteiger partial charge in [-0.2, -0.15) is 0 Å². The fourth-order valence-electron chi connectivity index (χ4n) is 3.41. The molecule has 1 amide bonds. The summed E-state index contributed by atoms with van der Waals surface area (Å²) in [7, 11) is 3.63. The minimum Gasteiger partial charge on any atom is -0.384 e. The van der Waals surface area contributed by atoms with E-state index < -0.39 is 0 Å². The van der Waals surface area contributed by atoms with Crippen molar-refractivity contribution in [2.75, 3.05) is 53.6 Å². The number of rotatable bonds is 5. The van der Waals surface area contributed by atoms with Gasteiger partial charge in [-0.05, 0) is 44.7 Å². The Balaban J connectivity index is 1.95. The van der Waals surface area contributed by atoms with Gasteiger partial charge in [-0.15, -0.1) is 0 Å². The van der Waals surface area contributed by atoms with Gasteiger partial charge in [0, 0.05) is 33.9 Å². The second-order valence-electron chi connectivity index (χ2n) is 6.20. The summed E-state index contributed by atoms with van der Waals surface area (Å²) in [5.74, 6) is 0.839. The molecular weight excluding hydrogens is 256 g/mol. The first-order chi connectivity index (χ1) is 9.68. The topological polar surface area (TPSA) is 50.8 Å². The Bertz CT molecular complexity index is 305. The molecule has 0 aromatic carbocycles. The van der Waals surface area contributed by atoms with E-state index in [1.54, 1.807) is 7.11 Å². The standard InChI is InChI=1S/C15H28N2O3/c1-17(11-13-3-9-20-10-4-13)14(18)15(12-19-2)5-7-16-8-6-15/h13,16H,3-12H2,1-2H3. The smallest absolute Gasteiger partial charge is 0.230 e. The van der Waals surface area contributed by atoms with E-state index in [2.05, 4.69) is 5.32 Å². The fourth-order valence-corrected chi connectivity index (χ4v) is 3.41. The number of carbonyl (C=O) groups is 1. The molecule has 0 radical (unpaired) electrons. The molecule has 0 saturated carbocycles. The number of nitrogens with zero attached hydrogens (tertiary/aromatic N) is 1. The molecule has 5 heteroatoms. The van der Waals surface area contributed by atoms with Gasteiger partial charge in [-0.25, -0.2) is 0 Å². The molecule has 5 nitrogen and oxygen atoms in total. The van der Waals surface area contributed by atoms with Crippen LogP contribution < -0.4 is 5.32 Å². The lowest BCUT2D eigenvalue weighted by Gasteiger charge is -2.39. The number of hydrogen-bond acceptors (Lipinski definition) is 4. The van der Waals surface area contributed by atoms with Gasteiger partial charge in [0.1, 0.15) is 0 Å². The summed E-state index contributed by atoms with van der Waals surface area (Å²) in [5, 5.41) is 3.33. The van der Waals surface area contributed by atoms with Crippen molar-refractivity contribution in [3.63, 3.8) is 0 Å². The minimum atomic E-state index is -0.320. The van der Waals surface area contributed by atoms with Crippen molar-refractivity contribution in [2.24, 2.45) is 11.3 Å². The van der Waals surface area contributed by atoms with Crippen LogP contribution in [0.2, 0.25) is 0 Å². The molecular formula is C15H28N2O3. The molecule has 2 fully saturated rings. The maximum absolute atomic E-state index is 12.9. The fraction of sp³-hybridized carbons (Fsp3) is 0.933. The Morgan fingerprint density at radius 1 is 1.35 bits per heavy atom. The van der Waals surface area contributed by atoms with Crippen molar-refractivity contribution in [2.45, 2.75) is 25.7 Å². The maximum Gasteiger partial charge on any atom is 0.230 e. The Hall–Kier alpha value is -0.650. The van der Waals surface area contributed by atoms with Gasteiger partial charge in [0.15, 0.2) is 0 Å². The average Bonchev–Trinajstić information content (AvgIpc) is 2.48. The number of carbonyl (C=O) groups excluding carboxylic acids is 1. The highest BCUT2D eigenvalue weighted by atomic mass is 16.5. The SMILES string of the molecule is COCC1(C(=O)N(C)CC2CCOCC2)CCNCC1. The van der Waals surface area contributed by atoms with Gasteiger partial charge in [-0.3, -0.25) is 4.79 Å². The van der Waals surface area contributed by atoms with Crippen molar-refractivity contribution in [1.82, 2.24) is 10.2 Å². The van der Waals surface area contributed by atoms with E-state index in [0.29, 0.717) is 12.5 Å². The second-order valence-corrected chi connectivity index (χ2v) is 6.20. The molecule has 2 saturated heterocycles. The van der Waals surface area contributed by atoms with Crippen LogP contribution in [0.5, 0.6) is 0 Å². The molecule has 116 valence electrons.